The number of carboxylic acid groups (broad SMARTS) is 1. The molecule has 27 heavy (non-hydrogen) atoms. The summed E-state index contributed by atoms with van der Waals surface area (Å²) in [4.78, 5) is 53.2. The van der Waals surface area contributed by atoms with Crippen molar-refractivity contribution in [3.8, 4) is 0 Å². The first kappa shape index (κ1) is 22.1. The number of H-pyrrole nitrogens is 1. The SMILES string of the molecule is CC(O)C(NC(=O)C(Cc1cnc[nH]1)NC(=O)C(N)CCC(N)=O)C(=O)O. The van der Waals surface area contributed by atoms with Crippen LogP contribution in [0.2, 0.25) is 0 Å². The number of carbonyl (C=O) groups excluding carboxylic acids is 3. The molecule has 0 spiro atoms. The molecule has 12 heteroatoms. The summed E-state index contributed by atoms with van der Waals surface area (Å²) in [6.45, 7) is 1.21. The van der Waals surface area contributed by atoms with E-state index >= 15 is 0 Å². The summed E-state index contributed by atoms with van der Waals surface area (Å²) in [6, 6.07) is -3.82. The van der Waals surface area contributed by atoms with Gasteiger partial charge in [0.2, 0.25) is 17.7 Å². The second-order valence-corrected chi connectivity index (χ2v) is 6.02. The van der Waals surface area contributed by atoms with E-state index in [1.54, 1.807) is 0 Å². The molecule has 1 rings (SSSR count). The minimum atomic E-state index is -1.55. The molecule has 1 heterocycles. The number of imidazole rings is 1. The number of aliphatic carboxylic acids is 1. The number of aromatic nitrogens is 2. The van der Waals surface area contributed by atoms with Crippen LogP contribution in [0.15, 0.2) is 12.5 Å². The fourth-order valence-electron chi connectivity index (χ4n) is 2.18. The third kappa shape index (κ3) is 7.42. The van der Waals surface area contributed by atoms with Crippen LogP contribution in [0.5, 0.6) is 0 Å². The van der Waals surface area contributed by atoms with Crippen LogP contribution in [0.3, 0.4) is 0 Å². The molecule has 0 saturated heterocycles. The Balaban J connectivity index is 2.85. The highest BCUT2D eigenvalue weighted by molar-refractivity contribution is 5.92. The summed E-state index contributed by atoms with van der Waals surface area (Å²) in [7, 11) is 0. The molecule has 1 aromatic heterocycles. The zero-order valence-corrected chi connectivity index (χ0v) is 14.7. The number of primary amides is 1. The fraction of sp³-hybridized carbons (Fsp3) is 0.533. The zero-order valence-electron chi connectivity index (χ0n) is 14.7. The highest BCUT2D eigenvalue weighted by atomic mass is 16.4. The summed E-state index contributed by atoms with van der Waals surface area (Å²) < 4.78 is 0. The second-order valence-electron chi connectivity index (χ2n) is 6.02. The number of nitrogens with one attached hydrogen (secondary N) is 3. The molecule has 0 radical (unpaired) electrons. The van der Waals surface area contributed by atoms with Gasteiger partial charge in [-0.25, -0.2) is 9.78 Å². The van der Waals surface area contributed by atoms with Crippen LogP contribution in [0.25, 0.3) is 0 Å². The van der Waals surface area contributed by atoms with Gasteiger partial charge in [0.15, 0.2) is 6.04 Å². The number of hydrogen-bond acceptors (Lipinski definition) is 7. The third-order valence-electron chi connectivity index (χ3n) is 3.70. The van der Waals surface area contributed by atoms with Crippen molar-refractivity contribution in [2.45, 2.75) is 50.4 Å². The Morgan fingerprint density at radius 3 is 2.41 bits per heavy atom. The van der Waals surface area contributed by atoms with E-state index in [0.717, 1.165) is 0 Å². The van der Waals surface area contributed by atoms with Gasteiger partial charge in [0.25, 0.3) is 0 Å². The van der Waals surface area contributed by atoms with E-state index in [1.165, 1.54) is 19.4 Å². The van der Waals surface area contributed by atoms with Gasteiger partial charge in [-0.2, -0.15) is 0 Å². The highest BCUT2D eigenvalue weighted by Crippen LogP contribution is 2.03. The number of rotatable bonds is 11. The number of nitrogens with two attached hydrogens (primary N) is 2. The number of aromatic amines is 1. The predicted octanol–water partition coefficient (Wildman–Crippen LogP) is -3.02. The molecule has 12 nitrogen and oxygen atoms in total. The van der Waals surface area contributed by atoms with E-state index in [1.807, 2.05) is 0 Å². The summed E-state index contributed by atoms with van der Waals surface area (Å²) in [5, 5.41) is 23.2. The van der Waals surface area contributed by atoms with Gasteiger partial charge < -0.3 is 37.3 Å². The van der Waals surface area contributed by atoms with Gasteiger partial charge in [-0.05, 0) is 13.3 Å². The maximum absolute atomic E-state index is 12.5. The zero-order chi connectivity index (χ0) is 20.6. The Morgan fingerprint density at radius 2 is 1.93 bits per heavy atom. The molecule has 4 atom stereocenters. The quantitative estimate of drug-likeness (QED) is 0.208. The standard InChI is InChI=1S/C15H24N6O6/c1-7(22)12(15(26)27)21-14(25)10(4-8-5-18-6-19-8)20-13(24)9(16)2-3-11(17)23/h5-7,9-10,12,22H,2-4,16H2,1H3,(H2,17,23)(H,18,19)(H,20,24)(H,21,25)(H,26,27). The lowest BCUT2D eigenvalue weighted by atomic mass is 10.1. The van der Waals surface area contributed by atoms with Crippen molar-refractivity contribution in [2.24, 2.45) is 11.5 Å². The topological polar surface area (TPSA) is 214 Å². The van der Waals surface area contributed by atoms with Crippen molar-refractivity contribution in [1.29, 1.82) is 0 Å². The second kappa shape index (κ2) is 10.2. The summed E-state index contributed by atoms with van der Waals surface area (Å²) in [5.74, 6) is -3.58. The van der Waals surface area contributed by atoms with Crippen LogP contribution in [-0.4, -0.2) is 68.1 Å². The summed E-state index contributed by atoms with van der Waals surface area (Å²) >= 11 is 0. The van der Waals surface area contributed by atoms with Crippen LogP contribution in [-0.2, 0) is 25.6 Å². The highest BCUT2D eigenvalue weighted by Gasteiger charge is 2.30. The lowest BCUT2D eigenvalue weighted by Crippen LogP contribution is -2.57. The Hall–Kier alpha value is -2.99. The van der Waals surface area contributed by atoms with E-state index in [4.69, 9.17) is 16.6 Å². The number of hydrogen-bond donors (Lipinski definition) is 7. The molecule has 0 aliphatic heterocycles. The fourth-order valence-corrected chi connectivity index (χ4v) is 2.18. The van der Waals surface area contributed by atoms with Crippen molar-refractivity contribution in [2.75, 3.05) is 0 Å². The normalized spacial score (nSPS) is 15.2. The van der Waals surface area contributed by atoms with Gasteiger partial charge in [0.05, 0.1) is 18.5 Å². The van der Waals surface area contributed by atoms with Gasteiger partial charge in [0, 0.05) is 24.7 Å². The summed E-state index contributed by atoms with van der Waals surface area (Å²) in [5.41, 5.74) is 11.2. The van der Waals surface area contributed by atoms with Crippen molar-refractivity contribution in [3.63, 3.8) is 0 Å². The molecular formula is C15H24N6O6. The van der Waals surface area contributed by atoms with Crippen LogP contribution in [0.4, 0.5) is 0 Å². The molecule has 0 bridgehead atoms. The molecule has 0 aliphatic rings. The van der Waals surface area contributed by atoms with E-state index in [2.05, 4.69) is 20.6 Å². The van der Waals surface area contributed by atoms with E-state index in [0.29, 0.717) is 5.69 Å². The van der Waals surface area contributed by atoms with Gasteiger partial charge in [-0.15, -0.1) is 0 Å². The lowest BCUT2D eigenvalue weighted by Gasteiger charge is -2.23. The molecule has 0 aliphatic carbocycles. The van der Waals surface area contributed by atoms with E-state index < -0.39 is 47.9 Å². The molecular weight excluding hydrogens is 360 g/mol. The van der Waals surface area contributed by atoms with E-state index in [9.17, 15) is 24.3 Å². The third-order valence-corrected chi connectivity index (χ3v) is 3.70. The molecule has 9 N–H and O–H groups in total. The number of aliphatic hydroxyl groups excluding tert-OH is 1. The van der Waals surface area contributed by atoms with Gasteiger partial charge in [0.1, 0.15) is 6.04 Å². The Bertz CT molecular complexity index is 662. The van der Waals surface area contributed by atoms with Gasteiger partial charge >= 0.3 is 5.97 Å². The maximum Gasteiger partial charge on any atom is 0.328 e. The molecule has 150 valence electrons. The number of aliphatic hydroxyl groups is 1. The molecule has 3 amide bonds. The average Bonchev–Trinajstić information content (AvgIpc) is 3.08. The molecule has 4 unspecified atom stereocenters. The molecule has 0 aromatic carbocycles. The number of amides is 3. The maximum atomic E-state index is 12.5. The minimum absolute atomic E-state index is 0.00894. The van der Waals surface area contributed by atoms with Gasteiger partial charge in [-0.3, -0.25) is 14.4 Å². The Kier molecular flexibility index (Phi) is 8.35. The smallest absolute Gasteiger partial charge is 0.328 e. The number of carboxylic acids is 1. The van der Waals surface area contributed by atoms with Gasteiger partial charge in [-0.1, -0.05) is 0 Å². The minimum Gasteiger partial charge on any atom is -0.480 e. The molecule has 0 fully saturated rings. The summed E-state index contributed by atoms with van der Waals surface area (Å²) in [6.07, 6.45) is 1.32. The predicted molar refractivity (Wildman–Crippen MR) is 91.9 cm³/mol. The van der Waals surface area contributed by atoms with Crippen LogP contribution in [0.1, 0.15) is 25.5 Å². The van der Waals surface area contributed by atoms with E-state index in [-0.39, 0.29) is 19.3 Å². The Labute approximate surface area is 154 Å². The first-order valence-electron chi connectivity index (χ1n) is 8.14. The molecule has 1 aromatic rings. The largest absolute Gasteiger partial charge is 0.480 e. The van der Waals surface area contributed by atoms with Crippen molar-refractivity contribution >= 4 is 23.7 Å². The first-order valence-corrected chi connectivity index (χ1v) is 8.14. The van der Waals surface area contributed by atoms with Crippen molar-refractivity contribution < 1.29 is 29.4 Å². The first-order chi connectivity index (χ1) is 12.6. The Morgan fingerprint density at radius 1 is 1.26 bits per heavy atom. The lowest BCUT2D eigenvalue weighted by molar-refractivity contribution is -0.145. The van der Waals surface area contributed by atoms with Crippen molar-refractivity contribution in [1.82, 2.24) is 20.6 Å². The van der Waals surface area contributed by atoms with Crippen molar-refractivity contribution in [3.05, 3.63) is 18.2 Å². The van der Waals surface area contributed by atoms with Crippen LogP contribution < -0.4 is 22.1 Å². The average molecular weight is 384 g/mol. The van der Waals surface area contributed by atoms with Crippen LogP contribution >= 0.6 is 0 Å². The monoisotopic (exact) mass is 384 g/mol. The number of nitrogens with zero attached hydrogens (tertiary/aromatic N) is 1. The number of carbonyl (C=O) groups is 4. The molecule has 0 saturated carbocycles. The van der Waals surface area contributed by atoms with Crippen LogP contribution in [0, 0.1) is 0 Å².